The van der Waals surface area contributed by atoms with Crippen LogP contribution in [0.5, 0.6) is 5.75 Å². The summed E-state index contributed by atoms with van der Waals surface area (Å²) in [4.78, 5) is 29.3. The van der Waals surface area contributed by atoms with E-state index in [1.54, 1.807) is 44.2 Å². The fraction of sp³-hybridized carbons (Fsp3) is 0.600. The minimum absolute atomic E-state index is 0.00271. The van der Waals surface area contributed by atoms with Crippen LogP contribution in [0.25, 0.3) is 0 Å². The molecular weight excluding hydrogens is 743 g/mol. The van der Waals surface area contributed by atoms with Gasteiger partial charge in [0.2, 0.25) is 15.9 Å². The second kappa shape index (κ2) is 15.7. The molecule has 1 saturated carbocycles. The first-order chi connectivity index (χ1) is 25.5. The van der Waals surface area contributed by atoms with Gasteiger partial charge in [-0.15, -0.1) is 0 Å². The molecule has 1 fully saturated rings. The third-order valence-corrected chi connectivity index (χ3v) is 14.6. The minimum atomic E-state index is -4.45. The summed E-state index contributed by atoms with van der Waals surface area (Å²) in [5.74, 6) is -3.06. The summed E-state index contributed by atoms with van der Waals surface area (Å²) in [6, 6.07) is 11.0. The first-order valence-electron chi connectivity index (χ1n) is 18.9. The van der Waals surface area contributed by atoms with Gasteiger partial charge in [0.25, 0.3) is 5.91 Å². The SMILES string of the molecule is CO[C@@]1(CC(=O)NC[C@@H](C)C(F)(F)F)/C=C/C[C@H](C)[C@@H](C)S(=O)(=O)NC(=O)c2ccc3c(c2)N(C[C@@H]2CC[C@H]21)C[C@@]1(CCCCc2cc(Cl)ccc21)CO3. The molecule has 2 bridgehead atoms. The Morgan fingerprint density at radius 2 is 1.94 bits per heavy atom. The van der Waals surface area contributed by atoms with Crippen LogP contribution in [0.4, 0.5) is 18.9 Å². The van der Waals surface area contributed by atoms with E-state index in [1.165, 1.54) is 18.2 Å². The number of anilines is 1. The molecule has 7 atom stereocenters. The van der Waals surface area contributed by atoms with Crippen LogP contribution in [0, 0.1) is 23.7 Å². The molecule has 2 heterocycles. The number of allylic oxidation sites excluding steroid dienone is 1. The molecule has 9 nitrogen and oxygen atoms in total. The Balaban J connectivity index is 1.42. The van der Waals surface area contributed by atoms with E-state index in [9.17, 15) is 31.2 Å². The van der Waals surface area contributed by atoms with Crippen molar-refractivity contribution < 1.29 is 40.7 Å². The van der Waals surface area contributed by atoms with Gasteiger partial charge in [0, 0.05) is 42.7 Å². The number of amides is 2. The molecule has 0 radical (unpaired) electrons. The number of aryl methyl sites for hydroxylation is 1. The van der Waals surface area contributed by atoms with E-state index in [1.807, 2.05) is 12.1 Å². The smallest absolute Gasteiger partial charge is 0.393 e. The highest BCUT2D eigenvalue weighted by molar-refractivity contribution is 7.90. The van der Waals surface area contributed by atoms with Crippen molar-refractivity contribution >= 4 is 39.1 Å². The minimum Gasteiger partial charge on any atom is -0.490 e. The van der Waals surface area contributed by atoms with Gasteiger partial charge in [-0.3, -0.25) is 9.59 Å². The fourth-order valence-corrected chi connectivity index (χ4v) is 10.2. The summed E-state index contributed by atoms with van der Waals surface area (Å²) in [5.41, 5.74) is 1.59. The molecule has 2 aromatic carbocycles. The van der Waals surface area contributed by atoms with Gasteiger partial charge >= 0.3 is 6.18 Å². The van der Waals surface area contributed by atoms with Crippen molar-refractivity contribution in [2.75, 3.05) is 38.3 Å². The number of sulfonamides is 1. The van der Waals surface area contributed by atoms with Crippen molar-refractivity contribution in [1.29, 1.82) is 0 Å². The van der Waals surface area contributed by atoms with E-state index in [-0.39, 0.29) is 23.8 Å². The molecule has 6 rings (SSSR count). The summed E-state index contributed by atoms with van der Waals surface area (Å²) in [7, 11) is -2.59. The van der Waals surface area contributed by atoms with Crippen LogP contribution in [0.3, 0.4) is 0 Å². The Morgan fingerprint density at radius 1 is 1.17 bits per heavy atom. The number of carbonyl (C=O) groups is 2. The van der Waals surface area contributed by atoms with E-state index in [2.05, 4.69) is 21.0 Å². The number of nitrogens with one attached hydrogen (secondary N) is 2. The van der Waals surface area contributed by atoms with Crippen LogP contribution in [0.1, 0.15) is 87.2 Å². The maximum atomic E-state index is 13.6. The molecular formula is C40H51ClF3N3O6S. The van der Waals surface area contributed by atoms with Crippen LogP contribution in [0.2, 0.25) is 5.02 Å². The first kappa shape index (κ1) is 40.4. The van der Waals surface area contributed by atoms with Crippen LogP contribution in [-0.4, -0.2) is 70.6 Å². The molecule has 2 aliphatic heterocycles. The van der Waals surface area contributed by atoms with Crippen LogP contribution >= 0.6 is 11.6 Å². The quantitative estimate of drug-likeness (QED) is 0.304. The molecule has 2 aliphatic carbocycles. The highest BCUT2D eigenvalue weighted by atomic mass is 35.5. The van der Waals surface area contributed by atoms with E-state index in [0.717, 1.165) is 39.0 Å². The number of fused-ring (bicyclic) bond motifs is 4. The van der Waals surface area contributed by atoms with E-state index in [4.69, 9.17) is 21.1 Å². The zero-order chi connectivity index (χ0) is 39.1. The maximum Gasteiger partial charge on any atom is 0.393 e. The Labute approximate surface area is 321 Å². The monoisotopic (exact) mass is 793 g/mol. The molecule has 54 heavy (non-hydrogen) atoms. The number of methoxy groups -OCH3 is 1. The second-order valence-electron chi connectivity index (χ2n) is 16.0. The molecule has 296 valence electrons. The lowest BCUT2D eigenvalue weighted by atomic mass is 9.63. The van der Waals surface area contributed by atoms with Crippen molar-refractivity contribution in [3.63, 3.8) is 0 Å². The van der Waals surface area contributed by atoms with E-state index < -0.39 is 62.7 Å². The lowest BCUT2D eigenvalue weighted by Crippen LogP contribution is -2.54. The average molecular weight is 794 g/mol. The van der Waals surface area contributed by atoms with Crippen LogP contribution in [-0.2, 0) is 31.4 Å². The largest absolute Gasteiger partial charge is 0.490 e. The number of ether oxygens (including phenoxy) is 2. The molecule has 4 aliphatic rings. The predicted molar refractivity (Wildman–Crippen MR) is 202 cm³/mol. The number of hydrogen-bond donors (Lipinski definition) is 2. The van der Waals surface area contributed by atoms with Crippen molar-refractivity contribution in [2.24, 2.45) is 23.7 Å². The molecule has 0 unspecified atom stereocenters. The topological polar surface area (TPSA) is 114 Å². The molecule has 2 amide bonds. The number of nitrogens with zero attached hydrogens (tertiary/aromatic N) is 1. The average Bonchev–Trinajstić information content (AvgIpc) is 3.37. The van der Waals surface area contributed by atoms with Gasteiger partial charge in [0.15, 0.2) is 0 Å². The molecule has 2 N–H and O–H groups in total. The van der Waals surface area contributed by atoms with Crippen molar-refractivity contribution in [3.8, 4) is 5.75 Å². The van der Waals surface area contributed by atoms with Gasteiger partial charge in [-0.05, 0) is 105 Å². The zero-order valence-electron chi connectivity index (χ0n) is 31.3. The fourth-order valence-electron chi connectivity index (χ4n) is 8.69. The van der Waals surface area contributed by atoms with E-state index in [0.29, 0.717) is 49.0 Å². The third kappa shape index (κ3) is 8.28. The van der Waals surface area contributed by atoms with Crippen molar-refractivity contribution in [3.05, 3.63) is 70.3 Å². The number of rotatable bonds is 5. The maximum absolute atomic E-state index is 13.6. The molecule has 0 saturated heterocycles. The van der Waals surface area contributed by atoms with Crippen LogP contribution in [0.15, 0.2) is 48.6 Å². The Hall–Kier alpha value is -3.29. The molecule has 0 aromatic heterocycles. The van der Waals surface area contributed by atoms with Gasteiger partial charge in [-0.1, -0.05) is 50.1 Å². The van der Waals surface area contributed by atoms with Gasteiger partial charge < -0.3 is 19.7 Å². The highest BCUT2D eigenvalue weighted by Crippen LogP contribution is 2.49. The lowest BCUT2D eigenvalue weighted by molar-refractivity contribution is -0.169. The van der Waals surface area contributed by atoms with Gasteiger partial charge in [0.1, 0.15) is 5.75 Å². The third-order valence-electron chi connectivity index (χ3n) is 12.5. The Kier molecular flexibility index (Phi) is 11.7. The number of benzene rings is 2. The normalized spacial score (nSPS) is 31.0. The summed E-state index contributed by atoms with van der Waals surface area (Å²) in [5, 5.41) is 2.20. The van der Waals surface area contributed by atoms with Gasteiger partial charge in [-0.2, -0.15) is 13.2 Å². The van der Waals surface area contributed by atoms with Crippen LogP contribution < -0.4 is 19.7 Å². The number of hydrogen-bond acceptors (Lipinski definition) is 7. The Bertz CT molecular complexity index is 1870. The predicted octanol–water partition coefficient (Wildman–Crippen LogP) is 7.36. The summed E-state index contributed by atoms with van der Waals surface area (Å²) in [6.45, 7) is 5.22. The number of alkyl halides is 3. The zero-order valence-corrected chi connectivity index (χ0v) is 32.9. The van der Waals surface area contributed by atoms with E-state index >= 15 is 0 Å². The number of halogens is 4. The van der Waals surface area contributed by atoms with Gasteiger partial charge in [0.05, 0.1) is 35.5 Å². The summed E-state index contributed by atoms with van der Waals surface area (Å²) < 4.78 is 82.2. The number of carbonyl (C=O) groups excluding carboxylic acids is 2. The first-order valence-corrected chi connectivity index (χ1v) is 20.8. The van der Waals surface area contributed by atoms with Gasteiger partial charge in [-0.25, -0.2) is 13.1 Å². The molecule has 2 aromatic rings. The van der Waals surface area contributed by atoms with Crippen molar-refractivity contribution in [1.82, 2.24) is 10.0 Å². The van der Waals surface area contributed by atoms with Crippen molar-refractivity contribution in [2.45, 2.75) is 94.6 Å². The summed E-state index contributed by atoms with van der Waals surface area (Å²) in [6.07, 6.45) is 4.47. The standard InChI is InChI=1S/C40H51ClF3N3O6S/c1-25-8-7-17-39(52-4,20-36(48)45-21-26(2)40(42,43)44)33-13-10-30(33)22-47-23-38(16-6-5-9-28-18-31(41)12-14-32(28)38)24-53-35-15-11-29(19-34(35)47)37(49)46-54(50,51)27(25)3/h7,11-12,14-15,17-19,25-27,30,33H,5-6,8-10,13,16,20-24H2,1-4H3,(H,45,48)(H,46,49)/b17-7+/t25-,26+,27+,30-,33+,38-,39+/m0/s1. The highest BCUT2D eigenvalue weighted by Gasteiger charge is 2.50. The molecule has 14 heteroatoms. The Morgan fingerprint density at radius 3 is 2.65 bits per heavy atom. The summed E-state index contributed by atoms with van der Waals surface area (Å²) >= 11 is 6.48. The second-order valence-corrected chi connectivity index (χ2v) is 18.4. The lowest BCUT2D eigenvalue weighted by Gasteiger charge is -2.50. The molecule has 1 spiro atoms.